The Hall–Kier alpha value is -3.01. The summed E-state index contributed by atoms with van der Waals surface area (Å²) in [7, 11) is 0. The van der Waals surface area contributed by atoms with Gasteiger partial charge in [-0.15, -0.1) is 0 Å². The van der Waals surface area contributed by atoms with Crippen molar-refractivity contribution >= 4 is 5.91 Å². The van der Waals surface area contributed by atoms with Gasteiger partial charge in [-0.25, -0.2) is 0 Å². The van der Waals surface area contributed by atoms with Gasteiger partial charge in [0.25, 0.3) is 0 Å². The van der Waals surface area contributed by atoms with Crippen LogP contribution in [0.5, 0.6) is 11.5 Å². The molecule has 0 fully saturated rings. The first-order valence-corrected chi connectivity index (χ1v) is 7.93. The monoisotopic (exact) mass is 319 g/mol. The number of hydrogen-bond donors (Lipinski definition) is 1. The van der Waals surface area contributed by atoms with Crippen LogP contribution in [0, 0.1) is 0 Å². The molecular weight excluding hydrogens is 302 g/mol. The molecule has 3 aromatic rings. The summed E-state index contributed by atoms with van der Waals surface area (Å²) in [6.07, 6.45) is 1.61. The van der Waals surface area contributed by atoms with E-state index < -0.39 is 5.92 Å². The van der Waals surface area contributed by atoms with Crippen LogP contribution in [0.15, 0.2) is 71.3 Å². The predicted octanol–water partition coefficient (Wildman–Crippen LogP) is 4.39. The lowest BCUT2D eigenvalue weighted by molar-refractivity contribution is -0.122. The molecule has 4 heteroatoms. The molecule has 0 saturated heterocycles. The molecule has 120 valence electrons. The number of para-hydroxylation sites is 2. The highest BCUT2D eigenvalue weighted by atomic mass is 16.5. The fourth-order valence-electron chi connectivity index (χ4n) is 3.10. The zero-order valence-corrected chi connectivity index (χ0v) is 13.2. The molecule has 0 aliphatic carbocycles. The largest absolute Gasteiger partial charge is 0.467 e. The minimum absolute atomic E-state index is 0.0675. The van der Waals surface area contributed by atoms with Gasteiger partial charge in [0.15, 0.2) is 0 Å². The van der Waals surface area contributed by atoms with Gasteiger partial charge in [-0.1, -0.05) is 36.4 Å². The van der Waals surface area contributed by atoms with Gasteiger partial charge in [-0.05, 0) is 31.2 Å². The maximum absolute atomic E-state index is 13.0. The van der Waals surface area contributed by atoms with Crippen LogP contribution in [-0.2, 0) is 4.79 Å². The van der Waals surface area contributed by atoms with Crippen LogP contribution in [0.2, 0.25) is 0 Å². The predicted molar refractivity (Wildman–Crippen MR) is 90.1 cm³/mol. The Kier molecular flexibility index (Phi) is 3.58. The summed E-state index contributed by atoms with van der Waals surface area (Å²) >= 11 is 0. The third-order valence-electron chi connectivity index (χ3n) is 4.27. The highest BCUT2D eigenvalue weighted by Crippen LogP contribution is 2.44. The molecule has 0 unspecified atom stereocenters. The molecule has 1 amide bonds. The van der Waals surface area contributed by atoms with Crippen molar-refractivity contribution in [3.8, 4) is 11.5 Å². The number of hydrogen-bond acceptors (Lipinski definition) is 3. The maximum Gasteiger partial charge on any atom is 0.232 e. The summed E-state index contributed by atoms with van der Waals surface area (Å²) in [5.74, 6) is 1.71. The van der Waals surface area contributed by atoms with E-state index in [4.69, 9.17) is 9.15 Å². The first kappa shape index (κ1) is 14.6. The molecule has 0 bridgehead atoms. The number of benzene rings is 2. The number of furan rings is 1. The maximum atomic E-state index is 13.0. The SMILES string of the molecule is C[C@@H](NC(=O)C1c2ccccc2Oc2ccccc21)c1ccco1. The highest BCUT2D eigenvalue weighted by Gasteiger charge is 2.33. The van der Waals surface area contributed by atoms with Gasteiger partial charge in [0, 0.05) is 11.1 Å². The van der Waals surface area contributed by atoms with Crippen LogP contribution >= 0.6 is 0 Å². The Morgan fingerprint density at radius 2 is 1.58 bits per heavy atom. The molecule has 1 N–H and O–H groups in total. The van der Waals surface area contributed by atoms with Crippen molar-refractivity contribution in [1.29, 1.82) is 0 Å². The Balaban J connectivity index is 1.70. The van der Waals surface area contributed by atoms with E-state index >= 15 is 0 Å². The zero-order valence-electron chi connectivity index (χ0n) is 13.2. The molecule has 1 aliphatic heterocycles. The summed E-state index contributed by atoms with van der Waals surface area (Å²) in [6.45, 7) is 1.91. The summed E-state index contributed by atoms with van der Waals surface area (Å²) < 4.78 is 11.3. The molecule has 4 rings (SSSR count). The Labute approximate surface area is 140 Å². The molecule has 24 heavy (non-hydrogen) atoms. The summed E-state index contributed by atoms with van der Waals surface area (Å²) in [6, 6.07) is 18.8. The number of ether oxygens (including phenoxy) is 1. The molecule has 1 atom stereocenters. The van der Waals surface area contributed by atoms with E-state index in [-0.39, 0.29) is 11.9 Å². The van der Waals surface area contributed by atoms with Crippen LogP contribution in [0.1, 0.15) is 35.8 Å². The number of nitrogens with one attached hydrogen (secondary N) is 1. The average Bonchev–Trinajstić information content (AvgIpc) is 3.14. The molecule has 0 spiro atoms. The van der Waals surface area contributed by atoms with Crippen LogP contribution in [0.4, 0.5) is 0 Å². The molecule has 1 aromatic heterocycles. The van der Waals surface area contributed by atoms with Crippen molar-refractivity contribution in [2.45, 2.75) is 18.9 Å². The standard InChI is InChI=1S/C20H17NO3/c1-13(16-11-6-12-23-16)21-20(22)19-14-7-2-4-9-17(14)24-18-10-5-3-8-15(18)19/h2-13,19H,1H3,(H,21,22)/t13-/m1/s1. The van der Waals surface area contributed by atoms with Gasteiger partial charge in [-0.3, -0.25) is 4.79 Å². The number of fused-ring (bicyclic) bond motifs is 2. The molecule has 4 nitrogen and oxygen atoms in total. The van der Waals surface area contributed by atoms with E-state index in [1.165, 1.54) is 0 Å². The van der Waals surface area contributed by atoms with Crippen molar-refractivity contribution < 1.29 is 13.9 Å². The van der Waals surface area contributed by atoms with E-state index in [9.17, 15) is 4.79 Å². The lowest BCUT2D eigenvalue weighted by Crippen LogP contribution is -2.33. The third kappa shape index (κ3) is 2.46. The van der Waals surface area contributed by atoms with Gasteiger partial charge < -0.3 is 14.5 Å². The fraction of sp³-hybridized carbons (Fsp3) is 0.150. The third-order valence-corrected chi connectivity index (χ3v) is 4.27. The van der Waals surface area contributed by atoms with E-state index in [0.717, 1.165) is 28.4 Å². The van der Waals surface area contributed by atoms with E-state index in [0.29, 0.717) is 0 Å². The Morgan fingerprint density at radius 1 is 0.958 bits per heavy atom. The van der Waals surface area contributed by atoms with Crippen molar-refractivity contribution in [2.24, 2.45) is 0 Å². The van der Waals surface area contributed by atoms with E-state index in [2.05, 4.69) is 5.32 Å². The van der Waals surface area contributed by atoms with Crippen LogP contribution in [0.25, 0.3) is 0 Å². The van der Waals surface area contributed by atoms with Crippen LogP contribution in [-0.4, -0.2) is 5.91 Å². The van der Waals surface area contributed by atoms with Gasteiger partial charge in [0.1, 0.15) is 17.3 Å². The van der Waals surface area contributed by atoms with Gasteiger partial charge in [0.05, 0.1) is 18.2 Å². The smallest absolute Gasteiger partial charge is 0.232 e. The normalized spacial score (nSPS) is 14.2. The second kappa shape index (κ2) is 5.89. The molecule has 0 radical (unpaired) electrons. The number of amides is 1. The van der Waals surface area contributed by atoms with Crippen molar-refractivity contribution in [1.82, 2.24) is 5.32 Å². The minimum atomic E-state index is -0.399. The molecule has 1 aliphatic rings. The average molecular weight is 319 g/mol. The van der Waals surface area contributed by atoms with Gasteiger partial charge in [-0.2, -0.15) is 0 Å². The summed E-state index contributed by atoms with van der Waals surface area (Å²) in [5, 5.41) is 3.05. The fourth-order valence-corrected chi connectivity index (χ4v) is 3.10. The molecule has 0 saturated carbocycles. The van der Waals surface area contributed by atoms with E-state index in [1.807, 2.05) is 67.6 Å². The topological polar surface area (TPSA) is 51.5 Å². The lowest BCUT2D eigenvalue weighted by atomic mass is 9.87. The van der Waals surface area contributed by atoms with Crippen molar-refractivity contribution in [3.05, 3.63) is 83.8 Å². The van der Waals surface area contributed by atoms with E-state index in [1.54, 1.807) is 6.26 Å². The summed E-state index contributed by atoms with van der Waals surface area (Å²) in [5.41, 5.74) is 1.75. The second-order valence-electron chi connectivity index (χ2n) is 5.86. The Morgan fingerprint density at radius 3 is 2.17 bits per heavy atom. The first-order chi connectivity index (χ1) is 11.7. The molecular formula is C20H17NO3. The van der Waals surface area contributed by atoms with Crippen LogP contribution in [0.3, 0.4) is 0 Å². The van der Waals surface area contributed by atoms with Crippen LogP contribution < -0.4 is 10.1 Å². The summed E-state index contributed by atoms with van der Waals surface area (Å²) in [4.78, 5) is 13.0. The minimum Gasteiger partial charge on any atom is -0.467 e. The second-order valence-corrected chi connectivity index (χ2v) is 5.86. The first-order valence-electron chi connectivity index (χ1n) is 7.93. The lowest BCUT2D eigenvalue weighted by Gasteiger charge is -2.28. The number of rotatable bonds is 3. The molecule has 2 heterocycles. The Bertz CT molecular complexity index is 825. The van der Waals surface area contributed by atoms with Gasteiger partial charge >= 0.3 is 0 Å². The zero-order chi connectivity index (χ0) is 16.5. The quantitative estimate of drug-likeness (QED) is 0.778. The van der Waals surface area contributed by atoms with Crippen molar-refractivity contribution in [3.63, 3.8) is 0 Å². The molecule has 2 aromatic carbocycles. The number of carbonyl (C=O) groups excluding carboxylic acids is 1. The number of carbonyl (C=O) groups is 1. The van der Waals surface area contributed by atoms with Crippen molar-refractivity contribution in [2.75, 3.05) is 0 Å². The highest BCUT2D eigenvalue weighted by molar-refractivity contribution is 5.89. The van der Waals surface area contributed by atoms with Gasteiger partial charge in [0.2, 0.25) is 5.91 Å².